The van der Waals surface area contributed by atoms with Gasteiger partial charge in [-0.2, -0.15) is 4.31 Å². The molecule has 0 radical (unpaired) electrons. The number of amides is 1. The standard InChI is InChI=1S/C17H22Cl2N2O5S/c18-14-10-15(19)16(27(24,25)20-5-7-26-8-6-20)9-13(14)17(23)21-4-2-1-3-12(21)11-22/h9-10,12,22H,1-8,11H2/t12-/m1/s1. The molecule has 1 amide bonds. The molecule has 2 aliphatic rings. The van der Waals surface area contributed by atoms with E-state index >= 15 is 0 Å². The Hall–Kier alpha value is -0.900. The minimum atomic E-state index is -3.87. The Morgan fingerprint density at radius 2 is 1.85 bits per heavy atom. The molecule has 0 spiro atoms. The molecule has 10 heteroatoms. The summed E-state index contributed by atoms with van der Waals surface area (Å²) in [6.07, 6.45) is 2.46. The highest BCUT2D eigenvalue weighted by Crippen LogP contribution is 2.32. The van der Waals surface area contributed by atoms with Crippen molar-refractivity contribution in [3.63, 3.8) is 0 Å². The first-order valence-electron chi connectivity index (χ1n) is 8.85. The number of hydrogen-bond donors (Lipinski definition) is 1. The van der Waals surface area contributed by atoms with Crippen molar-refractivity contribution in [3.8, 4) is 0 Å². The van der Waals surface area contributed by atoms with Gasteiger partial charge in [0, 0.05) is 19.6 Å². The lowest BCUT2D eigenvalue weighted by Crippen LogP contribution is -2.45. The molecule has 27 heavy (non-hydrogen) atoms. The zero-order chi connectivity index (χ0) is 19.6. The first kappa shape index (κ1) is 20.8. The van der Waals surface area contributed by atoms with Gasteiger partial charge in [0.25, 0.3) is 5.91 Å². The number of likely N-dealkylation sites (tertiary alicyclic amines) is 1. The van der Waals surface area contributed by atoms with Gasteiger partial charge in [0.15, 0.2) is 0 Å². The lowest BCUT2D eigenvalue weighted by Gasteiger charge is -2.35. The zero-order valence-electron chi connectivity index (χ0n) is 14.7. The van der Waals surface area contributed by atoms with Crippen molar-refractivity contribution in [3.05, 3.63) is 27.7 Å². The quantitative estimate of drug-likeness (QED) is 0.779. The van der Waals surface area contributed by atoms with Crippen molar-refractivity contribution >= 4 is 39.1 Å². The fourth-order valence-electron chi connectivity index (χ4n) is 3.43. The van der Waals surface area contributed by atoms with Crippen LogP contribution in [0.2, 0.25) is 10.0 Å². The Balaban J connectivity index is 1.97. The molecule has 1 aromatic rings. The summed E-state index contributed by atoms with van der Waals surface area (Å²) in [5, 5.41) is 9.63. The molecule has 150 valence electrons. The molecule has 7 nitrogen and oxygen atoms in total. The predicted octanol–water partition coefficient (Wildman–Crippen LogP) is 2.00. The largest absolute Gasteiger partial charge is 0.394 e. The molecule has 2 saturated heterocycles. The number of sulfonamides is 1. The highest BCUT2D eigenvalue weighted by molar-refractivity contribution is 7.89. The van der Waals surface area contributed by atoms with Gasteiger partial charge in [0.1, 0.15) is 4.90 Å². The van der Waals surface area contributed by atoms with Crippen molar-refractivity contribution in [2.45, 2.75) is 30.2 Å². The van der Waals surface area contributed by atoms with Crippen LogP contribution in [0.1, 0.15) is 29.6 Å². The van der Waals surface area contributed by atoms with Crippen molar-refractivity contribution in [1.29, 1.82) is 0 Å². The fourth-order valence-corrected chi connectivity index (χ4v) is 5.67. The Kier molecular flexibility index (Phi) is 6.66. The normalized spacial score (nSPS) is 22.0. The molecular weight excluding hydrogens is 415 g/mol. The topological polar surface area (TPSA) is 87.2 Å². The van der Waals surface area contributed by atoms with Crippen LogP contribution in [0.25, 0.3) is 0 Å². The molecule has 1 N–H and O–H groups in total. The number of halogens is 2. The minimum absolute atomic E-state index is 0.0274. The number of aliphatic hydroxyl groups is 1. The van der Waals surface area contributed by atoms with Crippen molar-refractivity contribution in [2.75, 3.05) is 39.5 Å². The second kappa shape index (κ2) is 8.63. The van der Waals surface area contributed by atoms with E-state index in [1.807, 2.05) is 0 Å². The van der Waals surface area contributed by atoms with Gasteiger partial charge < -0.3 is 14.7 Å². The van der Waals surface area contributed by atoms with Crippen LogP contribution in [0.3, 0.4) is 0 Å². The number of rotatable bonds is 4. The van der Waals surface area contributed by atoms with Gasteiger partial charge in [-0.05, 0) is 31.4 Å². The summed E-state index contributed by atoms with van der Waals surface area (Å²) in [6.45, 7) is 1.42. The van der Waals surface area contributed by atoms with E-state index in [-0.39, 0.29) is 46.2 Å². The number of carbonyl (C=O) groups is 1. The summed E-state index contributed by atoms with van der Waals surface area (Å²) in [5.74, 6) is -0.395. The lowest BCUT2D eigenvalue weighted by molar-refractivity contribution is 0.0503. The maximum atomic E-state index is 13.0. The maximum absolute atomic E-state index is 13.0. The maximum Gasteiger partial charge on any atom is 0.255 e. The summed E-state index contributed by atoms with van der Waals surface area (Å²) in [5.41, 5.74) is 0.0771. The Bertz CT molecular complexity index is 812. The third-order valence-electron chi connectivity index (χ3n) is 4.94. The molecule has 0 bridgehead atoms. The van der Waals surface area contributed by atoms with Gasteiger partial charge in [-0.25, -0.2) is 8.42 Å². The SMILES string of the molecule is O=C(c1cc(S(=O)(=O)N2CCOCC2)c(Cl)cc1Cl)N1CCCC[C@@H]1CO. The Morgan fingerprint density at radius 3 is 2.52 bits per heavy atom. The minimum Gasteiger partial charge on any atom is -0.394 e. The van der Waals surface area contributed by atoms with Crippen molar-refractivity contribution < 1.29 is 23.1 Å². The van der Waals surface area contributed by atoms with Gasteiger partial charge in [-0.1, -0.05) is 23.2 Å². The summed E-state index contributed by atoms with van der Waals surface area (Å²) in [6, 6.07) is 2.25. The van der Waals surface area contributed by atoms with Gasteiger partial charge in [0.05, 0.1) is 41.5 Å². The van der Waals surface area contributed by atoms with Gasteiger partial charge in [-0.15, -0.1) is 0 Å². The van der Waals surface area contributed by atoms with Gasteiger partial charge in [0.2, 0.25) is 10.0 Å². The second-order valence-electron chi connectivity index (χ2n) is 6.61. The number of morpholine rings is 1. The van der Waals surface area contributed by atoms with E-state index in [9.17, 15) is 18.3 Å². The van der Waals surface area contributed by atoms with Crippen LogP contribution in [-0.4, -0.2) is 74.1 Å². The number of benzene rings is 1. The molecule has 2 aliphatic heterocycles. The molecule has 0 unspecified atom stereocenters. The second-order valence-corrected chi connectivity index (χ2v) is 9.33. The van der Waals surface area contributed by atoms with E-state index in [0.29, 0.717) is 26.2 Å². The highest BCUT2D eigenvalue weighted by atomic mass is 35.5. The van der Waals surface area contributed by atoms with E-state index in [2.05, 4.69) is 0 Å². The molecule has 1 aromatic carbocycles. The Labute approximate surface area is 168 Å². The van der Waals surface area contributed by atoms with Crippen LogP contribution in [-0.2, 0) is 14.8 Å². The fraction of sp³-hybridized carbons (Fsp3) is 0.588. The lowest BCUT2D eigenvalue weighted by atomic mass is 10.0. The van der Waals surface area contributed by atoms with Crippen LogP contribution >= 0.6 is 23.2 Å². The number of ether oxygens (including phenoxy) is 1. The van der Waals surface area contributed by atoms with Crippen LogP contribution in [0.4, 0.5) is 0 Å². The van der Waals surface area contributed by atoms with E-state index in [1.54, 1.807) is 4.90 Å². The number of hydrogen-bond acceptors (Lipinski definition) is 5. The van der Waals surface area contributed by atoms with Gasteiger partial charge in [-0.3, -0.25) is 4.79 Å². The van der Waals surface area contributed by atoms with Crippen LogP contribution in [0, 0.1) is 0 Å². The third kappa shape index (κ3) is 4.26. The van der Waals surface area contributed by atoms with E-state index < -0.39 is 15.9 Å². The third-order valence-corrected chi connectivity index (χ3v) is 7.61. The monoisotopic (exact) mass is 436 g/mol. The molecule has 3 rings (SSSR count). The first-order valence-corrected chi connectivity index (χ1v) is 11.0. The zero-order valence-corrected chi connectivity index (χ0v) is 17.1. The van der Waals surface area contributed by atoms with Gasteiger partial charge >= 0.3 is 0 Å². The van der Waals surface area contributed by atoms with E-state index in [4.69, 9.17) is 27.9 Å². The Morgan fingerprint density at radius 1 is 1.15 bits per heavy atom. The van der Waals surface area contributed by atoms with Crippen LogP contribution in [0.5, 0.6) is 0 Å². The highest BCUT2D eigenvalue weighted by Gasteiger charge is 2.32. The van der Waals surface area contributed by atoms with E-state index in [1.165, 1.54) is 16.4 Å². The average molecular weight is 437 g/mol. The average Bonchev–Trinajstić information content (AvgIpc) is 2.68. The van der Waals surface area contributed by atoms with E-state index in [0.717, 1.165) is 12.8 Å². The molecule has 2 heterocycles. The number of nitrogens with zero attached hydrogens (tertiary/aromatic N) is 2. The van der Waals surface area contributed by atoms with Crippen LogP contribution < -0.4 is 0 Å². The van der Waals surface area contributed by atoms with Crippen molar-refractivity contribution in [2.24, 2.45) is 0 Å². The molecule has 0 aromatic heterocycles. The summed E-state index contributed by atoms with van der Waals surface area (Å²) in [7, 11) is -3.87. The number of aliphatic hydroxyl groups excluding tert-OH is 1. The smallest absolute Gasteiger partial charge is 0.255 e. The molecule has 0 saturated carbocycles. The first-order chi connectivity index (χ1) is 12.9. The van der Waals surface area contributed by atoms with Crippen LogP contribution in [0.15, 0.2) is 17.0 Å². The summed E-state index contributed by atoms with van der Waals surface area (Å²) < 4.78 is 32.4. The molecular formula is C17H22Cl2N2O5S. The number of piperidine rings is 1. The molecule has 2 fully saturated rings. The molecule has 0 aliphatic carbocycles. The van der Waals surface area contributed by atoms with Crippen molar-refractivity contribution in [1.82, 2.24) is 9.21 Å². The summed E-state index contributed by atoms with van der Waals surface area (Å²) in [4.78, 5) is 14.4. The predicted molar refractivity (Wildman–Crippen MR) is 102 cm³/mol. The number of carbonyl (C=O) groups excluding carboxylic acids is 1. The molecule has 1 atom stereocenters. The summed E-state index contributed by atoms with van der Waals surface area (Å²) >= 11 is 12.4.